The Morgan fingerprint density at radius 1 is 1.10 bits per heavy atom. The lowest BCUT2D eigenvalue weighted by Gasteiger charge is -2.56. The van der Waals surface area contributed by atoms with Crippen LogP contribution >= 0.6 is 0 Å². The highest BCUT2D eigenvalue weighted by Gasteiger charge is 2.48. The summed E-state index contributed by atoms with van der Waals surface area (Å²) in [5.74, 6) is 1.13. The molecule has 5 nitrogen and oxygen atoms in total. The largest absolute Gasteiger partial charge is 0.380 e. The van der Waals surface area contributed by atoms with Gasteiger partial charge in [0.15, 0.2) is 0 Å². The molecule has 0 saturated carbocycles. The molecular formula is C25H37N3O2. The Morgan fingerprint density at radius 2 is 1.87 bits per heavy atom. The molecule has 0 spiro atoms. The molecule has 0 aliphatic carbocycles. The number of fused-ring (bicyclic) bond motifs is 4. The standard InChI is InChI=1S/C25H37N3O2/c1-26-12-10-25(30,11-13-26)24(29)27-16-20-14-21(18-27)23-9-5-8-22(28(23)17-20)15-19-6-3-2-4-7-19/h2-4,6-7,20-23,30H,5,8-18H2,1H3/t20-,21+,22+,23-/m0/s1. The van der Waals surface area contributed by atoms with Crippen molar-refractivity contribution in [2.45, 2.75) is 62.6 Å². The van der Waals surface area contributed by atoms with Crippen LogP contribution in [-0.2, 0) is 11.2 Å². The van der Waals surface area contributed by atoms with E-state index in [1.165, 1.54) is 31.2 Å². The number of carbonyl (C=O) groups is 1. The van der Waals surface area contributed by atoms with Gasteiger partial charge in [0.25, 0.3) is 5.91 Å². The van der Waals surface area contributed by atoms with E-state index in [1.807, 2.05) is 4.90 Å². The molecule has 5 rings (SSSR count). The Balaban J connectivity index is 1.27. The topological polar surface area (TPSA) is 47.0 Å². The fraction of sp³-hybridized carbons (Fsp3) is 0.720. The van der Waals surface area contributed by atoms with E-state index in [-0.39, 0.29) is 5.91 Å². The summed E-state index contributed by atoms with van der Waals surface area (Å²) < 4.78 is 0. The van der Waals surface area contributed by atoms with Gasteiger partial charge in [-0.05, 0) is 63.0 Å². The molecule has 4 fully saturated rings. The molecule has 5 heteroatoms. The maximum atomic E-state index is 13.3. The molecule has 2 bridgehead atoms. The van der Waals surface area contributed by atoms with E-state index in [0.717, 1.165) is 39.1 Å². The highest BCUT2D eigenvalue weighted by molar-refractivity contribution is 5.85. The quantitative estimate of drug-likeness (QED) is 0.830. The van der Waals surface area contributed by atoms with Crippen molar-refractivity contribution in [2.24, 2.45) is 11.8 Å². The van der Waals surface area contributed by atoms with E-state index in [2.05, 4.69) is 47.2 Å². The number of hydrogen-bond acceptors (Lipinski definition) is 4. The van der Waals surface area contributed by atoms with E-state index in [1.54, 1.807) is 0 Å². The lowest BCUT2D eigenvalue weighted by atomic mass is 9.73. The first-order valence-corrected chi connectivity index (χ1v) is 12.0. The van der Waals surface area contributed by atoms with Crippen LogP contribution in [0, 0.1) is 11.8 Å². The molecule has 1 N–H and O–H groups in total. The summed E-state index contributed by atoms with van der Waals surface area (Å²) in [7, 11) is 2.07. The minimum atomic E-state index is -1.14. The van der Waals surface area contributed by atoms with Gasteiger partial charge in [-0.25, -0.2) is 0 Å². The molecule has 4 aliphatic heterocycles. The third-order valence-electron chi connectivity index (χ3n) is 8.33. The molecule has 4 saturated heterocycles. The smallest absolute Gasteiger partial charge is 0.254 e. The van der Waals surface area contributed by atoms with Crippen LogP contribution in [-0.4, -0.2) is 83.2 Å². The maximum Gasteiger partial charge on any atom is 0.254 e. The number of carbonyl (C=O) groups excluding carboxylic acids is 1. The minimum Gasteiger partial charge on any atom is -0.380 e. The first-order chi connectivity index (χ1) is 14.5. The zero-order chi connectivity index (χ0) is 20.7. The summed E-state index contributed by atoms with van der Waals surface area (Å²) in [6.45, 7) is 4.39. The average Bonchev–Trinajstić information content (AvgIpc) is 2.76. The third kappa shape index (κ3) is 3.92. The van der Waals surface area contributed by atoms with Gasteiger partial charge < -0.3 is 14.9 Å². The average molecular weight is 412 g/mol. The van der Waals surface area contributed by atoms with Crippen LogP contribution in [0.15, 0.2) is 30.3 Å². The highest BCUT2D eigenvalue weighted by Crippen LogP contribution is 2.41. The number of hydrogen-bond donors (Lipinski definition) is 1. The molecule has 4 atom stereocenters. The minimum absolute atomic E-state index is 0.00962. The lowest BCUT2D eigenvalue weighted by Crippen LogP contribution is -2.65. The first-order valence-electron chi connectivity index (χ1n) is 12.0. The molecule has 164 valence electrons. The molecule has 0 unspecified atom stereocenters. The van der Waals surface area contributed by atoms with E-state index in [0.29, 0.717) is 36.8 Å². The summed E-state index contributed by atoms with van der Waals surface area (Å²) in [4.78, 5) is 20.4. The van der Waals surface area contributed by atoms with Crippen molar-refractivity contribution in [2.75, 3.05) is 39.8 Å². The third-order valence-corrected chi connectivity index (χ3v) is 8.33. The van der Waals surface area contributed by atoms with Crippen molar-refractivity contribution in [3.8, 4) is 0 Å². The number of piperidine rings is 4. The fourth-order valence-electron chi connectivity index (χ4n) is 6.68. The van der Waals surface area contributed by atoms with E-state index in [4.69, 9.17) is 0 Å². The van der Waals surface area contributed by atoms with Gasteiger partial charge in [0, 0.05) is 44.8 Å². The van der Waals surface area contributed by atoms with E-state index < -0.39 is 5.60 Å². The molecule has 0 aromatic heterocycles. The summed E-state index contributed by atoms with van der Waals surface area (Å²) in [6, 6.07) is 12.2. The molecular weight excluding hydrogens is 374 g/mol. The number of benzene rings is 1. The second kappa shape index (κ2) is 8.25. The molecule has 1 amide bonds. The normalized spacial score (nSPS) is 34.4. The first kappa shape index (κ1) is 20.5. The van der Waals surface area contributed by atoms with Crippen molar-refractivity contribution in [3.63, 3.8) is 0 Å². The van der Waals surface area contributed by atoms with E-state index >= 15 is 0 Å². The van der Waals surface area contributed by atoms with Crippen LogP contribution in [0.4, 0.5) is 0 Å². The van der Waals surface area contributed by atoms with E-state index in [9.17, 15) is 9.90 Å². The zero-order valence-electron chi connectivity index (χ0n) is 18.4. The predicted octanol–water partition coefficient (Wildman–Crippen LogP) is 2.39. The summed E-state index contributed by atoms with van der Waals surface area (Å²) >= 11 is 0. The summed E-state index contributed by atoms with van der Waals surface area (Å²) in [5, 5.41) is 11.1. The lowest BCUT2D eigenvalue weighted by molar-refractivity contribution is -0.163. The van der Waals surface area contributed by atoms with Gasteiger partial charge in [0.05, 0.1) is 0 Å². The predicted molar refractivity (Wildman–Crippen MR) is 118 cm³/mol. The second-order valence-electron chi connectivity index (χ2n) is 10.4. The van der Waals surface area contributed by atoms with Crippen LogP contribution in [0.2, 0.25) is 0 Å². The SMILES string of the molecule is CN1CCC(O)(C(=O)N2C[C@@H]3C[C@H](C2)[C@@H]2CCC[C@H](Cc4ccccc4)N2C3)CC1. The summed E-state index contributed by atoms with van der Waals surface area (Å²) in [5.41, 5.74) is 0.306. The van der Waals surface area contributed by atoms with Gasteiger partial charge in [-0.1, -0.05) is 36.8 Å². The molecule has 0 radical (unpaired) electrons. The van der Waals surface area contributed by atoms with Crippen molar-refractivity contribution in [1.29, 1.82) is 0 Å². The Morgan fingerprint density at radius 3 is 2.63 bits per heavy atom. The Labute approximate surface area is 181 Å². The van der Waals surface area contributed by atoms with Gasteiger partial charge in [0.2, 0.25) is 0 Å². The monoisotopic (exact) mass is 411 g/mol. The van der Waals surface area contributed by atoms with Gasteiger partial charge in [-0.2, -0.15) is 0 Å². The fourth-order valence-corrected chi connectivity index (χ4v) is 6.68. The molecule has 1 aromatic rings. The molecule has 1 aromatic carbocycles. The van der Waals surface area contributed by atoms with Crippen LogP contribution < -0.4 is 0 Å². The zero-order valence-corrected chi connectivity index (χ0v) is 18.4. The second-order valence-corrected chi connectivity index (χ2v) is 10.4. The van der Waals surface area contributed by atoms with Crippen molar-refractivity contribution in [1.82, 2.24) is 14.7 Å². The van der Waals surface area contributed by atoms with Gasteiger partial charge in [0.1, 0.15) is 5.60 Å². The van der Waals surface area contributed by atoms with Crippen LogP contribution in [0.5, 0.6) is 0 Å². The van der Waals surface area contributed by atoms with Crippen molar-refractivity contribution < 1.29 is 9.90 Å². The van der Waals surface area contributed by atoms with Gasteiger partial charge >= 0.3 is 0 Å². The highest BCUT2D eigenvalue weighted by atomic mass is 16.3. The maximum absolute atomic E-state index is 13.3. The number of rotatable bonds is 3. The number of aliphatic hydroxyl groups is 1. The summed E-state index contributed by atoms with van der Waals surface area (Å²) in [6.07, 6.45) is 7.40. The molecule has 30 heavy (non-hydrogen) atoms. The molecule has 4 aliphatic rings. The van der Waals surface area contributed by atoms with Crippen LogP contribution in [0.25, 0.3) is 0 Å². The molecule has 4 heterocycles. The van der Waals surface area contributed by atoms with Crippen molar-refractivity contribution >= 4 is 5.91 Å². The number of likely N-dealkylation sites (tertiary alicyclic amines) is 2. The number of nitrogens with zero attached hydrogens (tertiary/aromatic N) is 3. The van der Waals surface area contributed by atoms with Crippen molar-refractivity contribution in [3.05, 3.63) is 35.9 Å². The Kier molecular flexibility index (Phi) is 5.63. The van der Waals surface area contributed by atoms with Crippen LogP contribution in [0.1, 0.15) is 44.1 Å². The van der Waals surface area contributed by atoms with Crippen LogP contribution in [0.3, 0.4) is 0 Å². The Bertz CT molecular complexity index is 746. The number of amides is 1. The van der Waals surface area contributed by atoms with Gasteiger partial charge in [-0.15, -0.1) is 0 Å². The Hall–Kier alpha value is -1.43. The van der Waals surface area contributed by atoms with Gasteiger partial charge in [-0.3, -0.25) is 9.69 Å².